The molecule has 0 saturated heterocycles. The molecule has 0 bridgehead atoms. The quantitative estimate of drug-likeness (QED) is 0.438. The van der Waals surface area contributed by atoms with Gasteiger partial charge in [0.15, 0.2) is 0 Å². The molecule has 33 heavy (non-hydrogen) atoms. The maximum absolute atomic E-state index is 12.7. The average molecular weight is 508 g/mol. The van der Waals surface area contributed by atoms with Gasteiger partial charge in [-0.3, -0.25) is 14.2 Å². The summed E-state index contributed by atoms with van der Waals surface area (Å²) in [5.74, 6) is -0.533. The van der Waals surface area contributed by atoms with Gasteiger partial charge in [-0.15, -0.1) is 0 Å². The molecule has 0 heterocycles. The van der Waals surface area contributed by atoms with Crippen LogP contribution >= 0.6 is 11.6 Å². The lowest BCUT2D eigenvalue weighted by Gasteiger charge is -2.11. The summed E-state index contributed by atoms with van der Waals surface area (Å²) in [5, 5.41) is 2.69. The second-order valence-corrected chi connectivity index (χ2v) is 11.3. The van der Waals surface area contributed by atoms with Crippen LogP contribution < -0.4 is 14.8 Å². The Morgan fingerprint density at radius 1 is 0.758 bits per heavy atom. The summed E-state index contributed by atoms with van der Waals surface area (Å²) >= 11 is 6.12. The minimum Gasteiger partial charge on any atom is -0.322 e. The first-order valence-electron chi connectivity index (χ1n) is 9.63. The van der Waals surface area contributed by atoms with Crippen LogP contribution in [0.1, 0.15) is 21.5 Å². The third-order valence-corrected chi connectivity index (χ3v) is 7.01. The van der Waals surface area contributed by atoms with Gasteiger partial charge in [0.1, 0.15) is 0 Å². The Balaban J connectivity index is 1.72. The number of aryl methyl sites for hydroxylation is 2. The molecule has 8 nitrogen and oxygen atoms in total. The first-order valence-corrected chi connectivity index (χ1v) is 13.4. The van der Waals surface area contributed by atoms with Crippen LogP contribution in [0.15, 0.2) is 65.6 Å². The van der Waals surface area contributed by atoms with Gasteiger partial charge in [0.05, 0.1) is 21.7 Å². The number of hydrogen-bond donors (Lipinski definition) is 3. The lowest BCUT2D eigenvalue weighted by atomic mass is 10.1. The highest BCUT2D eigenvalue weighted by molar-refractivity contribution is 7.92. The van der Waals surface area contributed by atoms with E-state index in [0.717, 1.165) is 17.4 Å². The van der Waals surface area contributed by atoms with Crippen molar-refractivity contribution in [2.24, 2.45) is 0 Å². The van der Waals surface area contributed by atoms with Gasteiger partial charge in [-0.2, -0.15) is 0 Å². The minimum atomic E-state index is -3.81. The van der Waals surface area contributed by atoms with Crippen LogP contribution in [0.25, 0.3) is 0 Å². The Labute approximate surface area is 198 Å². The van der Waals surface area contributed by atoms with Gasteiger partial charge >= 0.3 is 0 Å². The number of amides is 1. The van der Waals surface area contributed by atoms with Crippen molar-refractivity contribution in [3.63, 3.8) is 0 Å². The van der Waals surface area contributed by atoms with Gasteiger partial charge in [-0.1, -0.05) is 17.7 Å². The van der Waals surface area contributed by atoms with E-state index in [1.807, 2.05) is 19.9 Å². The van der Waals surface area contributed by atoms with Crippen LogP contribution in [-0.2, 0) is 20.0 Å². The fourth-order valence-corrected chi connectivity index (χ4v) is 4.78. The number of sulfonamides is 2. The predicted molar refractivity (Wildman–Crippen MR) is 131 cm³/mol. The van der Waals surface area contributed by atoms with Crippen molar-refractivity contribution in [3.8, 4) is 0 Å². The molecular weight excluding hydrogens is 486 g/mol. The summed E-state index contributed by atoms with van der Waals surface area (Å²) < 4.78 is 52.8. The van der Waals surface area contributed by atoms with Crippen LogP contribution in [0.2, 0.25) is 5.02 Å². The molecule has 11 heteroatoms. The van der Waals surface area contributed by atoms with Crippen molar-refractivity contribution in [2.45, 2.75) is 18.7 Å². The van der Waals surface area contributed by atoms with E-state index in [4.69, 9.17) is 11.6 Å². The number of carbonyl (C=O) groups excluding carboxylic acids is 1. The van der Waals surface area contributed by atoms with Gasteiger partial charge in [0.2, 0.25) is 10.0 Å². The van der Waals surface area contributed by atoms with E-state index in [9.17, 15) is 21.6 Å². The average Bonchev–Trinajstić information content (AvgIpc) is 2.70. The fraction of sp³-hybridized carbons (Fsp3) is 0.136. The van der Waals surface area contributed by atoms with Crippen molar-refractivity contribution >= 4 is 54.6 Å². The zero-order chi connectivity index (χ0) is 24.4. The smallest absolute Gasteiger partial charge is 0.261 e. The summed E-state index contributed by atoms with van der Waals surface area (Å²) in [5.41, 5.74) is 3.19. The number of rotatable bonds is 7. The highest BCUT2D eigenvalue weighted by atomic mass is 35.5. The summed E-state index contributed by atoms with van der Waals surface area (Å²) in [6.07, 6.45) is 1.00. The molecule has 0 spiro atoms. The molecular formula is C22H22ClN3O5S2. The van der Waals surface area contributed by atoms with Crippen molar-refractivity contribution < 1.29 is 21.6 Å². The molecule has 3 aromatic rings. The molecule has 0 fully saturated rings. The third kappa shape index (κ3) is 6.47. The second kappa shape index (κ2) is 9.42. The molecule has 0 aliphatic carbocycles. The zero-order valence-electron chi connectivity index (χ0n) is 18.0. The number of hydrogen-bond acceptors (Lipinski definition) is 5. The highest BCUT2D eigenvalue weighted by Gasteiger charge is 2.16. The van der Waals surface area contributed by atoms with Crippen LogP contribution in [0.5, 0.6) is 0 Å². The molecule has 1 amide bonds. The summed E-state index contributed by atoms with van der Waals surface area (Å²) in [4.78, 5) is 12.6. The molecule has 3 N–H and O–H groups in total. The van der Waals surface area contributed by atoms with Crippen molar-refractivity contribution in [1.82, 2.24) is 0 Å². The van der Waals surface area contributed by atoms with Crippen molar-refractivity contribution in [3.05, 3.63) is 82.4 Å². The molecule has 0 aliphatic rings. The number of benzene rings is 3. The Morgan fingerprint density at radius 2 is 1.33 bits per heavy atom. The third-order valence-electron chi connectivity index (χ3n) is 4.70. The number of nitrogens with one attached hydrogen (secondary N) is 3. The van der Waals surface area contributed by atoms with E-state index in [1.165, 1.54) is 42.5 Å². The Bertz CT molecular complexity index is 1420. The van der Waals surface area contributed by atoms with E-state index >= 15 is 0 Å². The number of anilines is 3. The standard InChI is InChI=1S/C22H22ClN3O5S2/c1-14-4-5-17(12-15(14)2)26-33(30,31)19-9-6-16(7-10-19)24-22(27)20-11-8-18(13-21(20)23)25-32(3,28)29/h4-13,25-26H,1-3H3,(H,24,27). The second-order valence-electron chi connectivity index (χ2n) is 7.45. The topological polar surface area (TPSA) is 121 Å². The van der Waals surface area contributed by atoms with E-state index in [0.29, 0.717) is 11.4 Å². The minimum absolute atomic E-state index is 0.0351. The van der Waals surface area contributed by atoms with Gasteiger partial charge in [0.25, 0.3) is 15.9 Å². The Kier molecular flexibility index (Phi) is 7.01. The van der Waals surface area contributed by atoms with Crippen molar-refractivity contribution in [2.75, 3.05) is 21.0 Å². The highest BCUT2D eigenvalue weighted by Crippen LogP contribution is 2.24. The van der Waals surface area contributed by atoms with E-state index in [-0.39, 0.29) is 21.2 Å². The first-order chi connectivity index (χ1) is 15.3. The van der Waals surface area contributed by atoms with E-state index < -0.39 is 26.0 Å². The van der Waals surface area contributed by atoms with E-state index in [2.05, 4.69) is 14.8 Å². The molecule has 0 saturated carbocycles. The predicted octanol–water partition coefficient (Wildman–Crippen LogP) is 4.38. The lowest BCUT2D eigenvalue weighted by molar-refractivity contribution is 0.102. The molecule has 0 aromatic heterocycles. The lowest BCUT2D eigenvalue weighted by Crippen LogP contribution is -2.15. The number of carbonyl (C=O) groups is 1. The summed E-state index contributed by atoms with van der Waals surface area (Å²) in [6.45, 7) is 3.83. The molecule has 3 aromatic carbocycles. The van der Waals surface area contributed by atoms with E-state index in [1.54, 1.807) is 12.1 Å². The normalized spacial score (nSPS) is 11.6. The zero-order valence-corrected chi connectivity index (χ0v) is 20.4. The molecule has 0 atom stereocenters. The fourth-order valence-electron chi connectivity index (χ4n) is 2.91. The molecule has 0 aliphatic heterocycles. The van der Waals surface area contributed by atoms with Gasteiger partial charge in [0, 0.05) is 17.1 Å². The molecule has 0 radical (unpaired) electrons. The Hall–Kier alpha value is -3.08. The van der Waals surface area contributed by atoms with Crippen LogP contribution in [0.3, 0.4) is 0 Å². The SMILES string of the molecule is Cc1ccc(NS(=O)(=O)c2ccc(NC(=O)c3ccc(NS(C)(=O)=O)cc3Cl)cc2)cc1C. The molecule has 174 valence electrons. The Morgan fingerprint density at radius 3 is 1.91 bits per heavy atom. The first kappa shape index (κ1) is 24.6. The largest absolute Gasteiger partial charge is 0.322 e. The van der Waals surface area contributed by atoms with Crippen LogP contribution in [0.4, 0.5) is 17.1 Å². The molecule has 0 unspecified atom stereocenters. The summed E-state index contributed by atoms with van der Waals surface area (Å²) in [6, 6.07) is 15.1. The molecule has 3 rings (SSSR count). The van der Waals surface area contributed by atoms with Crippen LogP contribution in [-0.4, -0.2) is 29.0 Å². The van der Waals surface area contributed by atoms with Crippen LogP contribution in [0, 0.1) is 13.8 Å². The monoisotopic (exact) mass is 507 g/mol. The van der Waals surface area contributed by atoms with Gasteiger partial charge < -0.3 is 5.32 Å². The maximum Gasteiger partial charge on any atom is 0.261 e. The van der Waals surface area contributed by atoms with Gasteiger partial charge in [-0.05, 0) is 79.6 Å². The summed E-state index contributed by atoms with van der Waals surface area (Å²) in [7, 11) is -7.29. The van der Waals surface area contributed by atoms with Gasteiger partial charge in [-0.25, -0.2) is 16.8 Å². The van der Waals surface area contributed by atoms with Crippen molar-refractivity contribution in [1.29, 1.82) is 0 Å². The maximum atomic E-state index is 12.7. The number of halogens is 1.